The van der Waals surface area contributed by atoms with Gasteiger partial charge in [-0.25, -0.2) is 4.98 Å². The summed E-state index contributed by atoms with van der Waals surface area (Å²) in [5.41, 5.74) is 0.638. The van der Waals surface area contributed by atoms with Crippen molar-refractivity contribution in [3.8, 4) is 12.3 Å². The maximum absolute atomic E-state index is 11.2. The standard InChI is InChI=1S/C10H7NO2/c1-2-8-4-3-5-9(11-8)10(13)6-7-12/h1,3-5,7H,6H2. The van der Waals surface area contributed by atoms with Gasteiger partial charge in [-0.2, -0.15) is 0 Å². The molecule has 1 aromatic rings. The third-order valence-corrected chi connectivity index (χ3v) is 1.45. The van der Waals surface area contributed by atoms with Gasteiger partial charge in [0, 0.05) is 0 Å². The van der Waals surface area contributed by atoms with Crippen molar-refractivity contribution >= 4 is 12.1 Å². The molecule has 1 aromatic heterocycles. The molecule has 0 saturated carbocycles. The lowest BCUT2D eigenvalue weighted by Crippen LogP contribution is -2.03. The number of aldehydes is 1. The van der Waals surface area contributed by atoms with Crippen LogP contribution in [0, 0.1) is 12.3 Å². The van der Waals surface area contributed by atoms with Crippen LogP contribution in [0.2, 0.25) is 0 Å². The molecule has 0 aromatic carbocycles. The zero-order valence-electron chi connectivity index (χ0n) is 6.86. The number of nitrogens with zero attached hydrogens (tertiary/aromatic N) is 1. The Hall–Kier alpha value is -1.95. The second kappa shape index (κ2) is 4.17. The smallest absolute Gasteiger partial charge is 0.188 e. The normalized spacial score (nSPS) is 8.85. The van der Waals surface area contributed by atoms with E-state index in [1.807, 2.05) is 0 Å². The lowest BCUT2D eigenvalue weighted by molar-refractivity contribution is -0.107. The Labute approximate surface area is 75.8 Å². The number of ketones is 1. The minimum Gasteiger partial charge on any atom is -0.303 e. The van der Waals surface area contributed by atoms with E-state index in [1.54, 1.807) is 12.1 Å². The van der Waals surface area contributed by atoms with E-state index in [2.05, 4.69) is 10.9 Å². The Kier molecular flexibility index (Phi) is 2.93. The molecule has 1 heterocycles. The van der Waals surface area contributed by atoms with Crippen LogP contribution >= 0.6 is 0 Å². The van der Waals surface area contributed by atoms with Crippen molar-refractivity contribution in [2.75, 3.05) is 0 Å². The van der Waals surface area contributed by atoms with Gasteiger partial charge in [-0.05, 0) is 12.1 Å². The SMILES string of the molecule is C#Cc1cccc(C(=O)CC=O)n1. The van der Waals surface area contributed by atoms with Gasteiger partial charge in [-0.1, -0.05) is 12.0 Å². The number of Topliss-reactive ketones (excluding diaryl/α,β-unsaturated/α-hetero) is 1. The van der Waals surface area contributed by atoms with Crippen molar-refractivity contribution in [2.24, 2.45) is 0 Å². The summed E-state index contributed by atoms with van der Waals surface area (Å²) in [6.45, 7) is 0. The topological polar surface area (TPSA) is 47.0 Å². The Morgan fingerprint density at radius 3 is 3.00 bits per heavy atom. The van der Waals surface area contributed by atoms with E-state index in [1.165, 1.54) is 6.07 Å². The molecule has 0 aliphatic rings. The van der Waals surface area contributed by atoms with Crippen LogP contribution in [0.15, 0.2) is 18.2 Å². The van der Waals surface area contributed by atoms with E-state index >= 15 is 0 Å². The van der Waals surface area contributed by atoms with E-state index in [9.17, 15) is 9.59 Å². The first-order valence-electron chi connectivity index (χ1n) is 3.68. The summed E-state index contributed by atoms with van der Waals surface area (Å²) >= 11 is 0. The Balaban J connectivity index is 2.96. The van der Waals surface area contributed by atoms with E-state index in [0.717, 1.165) is 0 Å². The van der Waals surface area contributed by atoms with Gasteiger partial charge in [0.2, 0.25) is 0 Å². The van der Waals surface area contributed by atoms with E-state index in [0.29, 0.717) is 12.0 Å². The van der Waals surface area contributed by atoms with Crippen molar-refractivity contribution in [3.63, 3.8) is 0 Å². The van der Waals surface area contributed by atoms with Crippen LogP contribution in [0.4, 0.5) is 0 Å². The molecule has 1 rings (SSSR count). The molecule has 13 heavy (non-hydrogen) atoms. The average Bonchev–Trinajstić information content (AvgIpc) is 2.18. The minimum absolute atomic E-state index is 0.152. The molecule has 0 aliphatic carbocycles. The van der Waals surface area contributed by atoms with Crippen molar-refractivity contribution < 1.29 is 9.59 Å². The van der Waals surface area contributed by atoms with Gasteiger partial charge in [-0.3, -0.25) is 4.79 Å². The van der Waals surface area contributed by atoms with Crippen molar-refractivity contribution in [2.45, 2.75) is 6.42 Å². The summed E-state index contributed by atoms with van der Waals surface area (Å²) in [6.07, 6.45) is 5.50. The zero-order valence-corrected chi connectivity index (χ0v) is 6.86. The maximum Gasteiger partial charge on any atom is 0.188 e. The zero-order chi connectivity index (χ0) is 9.68. The third-order valence-electron chi connectivity index (χ3n) is 1.45. The molecule has 64 valence electrons. The number of rotatable bonds is 3. The van der Waals surface area contributed by atoms with Crippen LogP contribution in [0.25, 0.3) is 0 Å². The third kappa shape index (κ3) is 2.24. The first-order chi connectivity index (χ1) is 6.27. The van der Waals surface area contributed by atoms with Gasteiger partial charge in [0.15, 0.2) is 5.78 Å². The molecule has 3 heteroatoms. The van der Waals surface area contributed by atoms with Crippen LogP contribution in [0.1, 0.15) is 22.6 Å². The molecule has 0 fully saturated rings. The van der Waals surface area contributed by atoms with Gasteiger partial charge in [0.05, 0.1) is 6.42 Å². The Morgan fingerprint density at radius 2 is 2.38 bits per heavy atom. The van der Waals surface area contributed by atoms with E-state index in [4.69, 9.17) is 6.42 Å². The van der Waals surface area contributed by atoms with Crippen LogP contribution in [0.5, 0.6) is 0 Å². The molecule has 0 atom stereocenters. The highest BCUT2D eigenvalue weighted by atomic mass is 16.1. The molecular weight excluding hydrogens is 166 g/mol. The van der Waals surface area contributed by atoms with E-state index in [-0.39, 0.29) is 17.9 Å². The lowest BCUT2D eigenvalue weighted by Gasteiger charge is -1.95. The number of carbonyl (C=O) groups is 2. The fourth-order valence-electron chi connectivity index (χ4n) is 0.851. The van der Waals surface area contributed by atoms with Crippen molar-refractivity contribution in [1.82, 2.24) is 4.98 Å². The predicted octanol–water partition coefficient (Wildman–Crippen LogP) is 0.835. The number of hydrogen-bond acceptors (Lipinski definition) is 3. The summed E-state index contributed by atoms with van der Waals surface area (Å²) in [6, 6.07) is 4.80. The summed E-state index contributed by atoms with van der Waals surface area (Å²) in [4.78, 5) is 25.1. The van der Waals surface area contributed by atoms with Gasteiger partial charge < -0.3 is 4.79 Å². The largest absolute Gasteiger partial charge is 0.303 e. The summed E-state index contributed by atoms with van der Waals surface area (Å²) in [5, 5.41) is 0. The van der Waals surface area contributed by atoms with Crippen molar-refractivity contribution in [1.29, 1.82) is 0 Å². The molecule has 0 N–H and O–H groups in total. The summed E-state index contributed by atoms with van der Waals surface area (Å²) in [5.74, 6) is 2.00. The second-order valence-electron chi connectivity index (χ2n) is 2.35. The van der Waals surface area contributed by atoms with Gasteiger partial charge in [0.1, 0.15) is 17.7 Å². The quantitative estimate of drug-likeness (QED) is 0.294. The molecule has 0 aliphatic heterocycles. The van der Waals surface area contributed by atoms with Crippen LogP contribution < -0.4 is 0 Å². The average molecular weight is 173 g/mol. The van der Waals surface area contributed by atoms with Crippen LogP contribution in [0.3, 0.4) is 0 Å². The molecule has 0 unspecified atom stereocenters. The Bertz CT molecular complexity index is 377. The van der Waals surface area contributed by atoms with Gasteiger partial charge in [-0.15, -0.1) is 6.42 Å². The van der Waals surface area contributed by atoms with Gasteiger partial charge in [0.25, 0.3) is 0 Å². The molecule has 0 radical (unpaired) electrons. The highest BCUT2D eigenvalue weighted by molar-refractivity contribution is 6.01. The number of aromatic nitrogens is 1. The first-order valence-corrected chi connectivity index (χ1v) is 3.68. The summed E-state index contributed by atoms with van der Waals surface area (Å²) < 4.78 is 0. The van der Waals surface area contributed by atoms with Gasteiger partial charge >= 0.3 is 0 Å². The van der Waals surface area contributed by atoms with Crippen LogP contribution in [-0.4, -0.2) is 17.1 Å². The lowest BCUT2D eigenvalue weighted by atomic mass is 10.2. The number of carbonyl (C=O) groups excluding carboxylic acids is 2. The molecule has 0 bridgehead atoms. The second-order valence-corrected chi connectivity index (χ2v) is 2.35. The number of terminal acetylenes is 1. The monoisotopic (exact) mass is 173 g/mol. The Morgan fingerprint density at radius 1 is 1.62 bits per heavy atom. The first kappa shape index (κ1) is 9.14. The number of hydrogen-bond donors (Lipinski definition) is 0. The molecule has 0 spiro atoms. The minimum atomic E-state index is -0.313. The predicted molar refractivity (Wildman–Crippen MR) is 47.2 cm³/mol. The number of pyridine rings is 1. The van der Waals surface area contributed by atoms with E-state index < -0.39 is 0 Å². The summed E-state index contributed by atoms with van der Waals surface area (Å²) in [7, 11) is 0. The fourth-order valence-corrected chi connectivity index (χ4v) is 0.851. The molecule has 3 nitrogen and oxygen atoms in total. The molecule has 0 saturated heterocycles. The molecular formula is C10H7NO2. The van der Waals surface area contributed by atoms with Crippen LogP contribution in [-0.2, 0) is 4.79 Å². The fraction of sp³-hybridized carbons (Fsp3) is 0.100. The molecule has 0 amide bonds. The highest BCUT2D eigenvalue weighted by Gasteiger charge is 2.05. The maximum atomic E-state index is 11.2. The van der Waals surface area contributed by atoms with Crippen molar-refractivity contribution in [3.05, 3.63) is 29.6 Å². The highest BCUT2D eigenvalue weighted by Crippen LogP contribution is 2.00.